The van der Waals surface area contributed by atoms with Crippen molar-refractivity contribution in [3.63, 3.8) is 0 Å². The van der Waals surface area contributed by atoms with Crippen LogP contribution >= 0.6 is 11.3 Å². The first-order valence-electron chi connectivity index (χ1n) is 18.7. The van der Waals surface area contributed by atoms with E-state index in [-0.39, 0.29) is 0 Å². The monoisotopic (exact) mass is 719 g/mol. The summed E-state index contributed by atoms with van der Waals surface area (Å²) in [6, 6.07) is 72.3. The van der Waals surface area contributed by atoms with Gasteiger partial charge in [0.2, 0.25) is 0 Å². The van der Waals surface area contributed by atoms with E-state index < -0.39 is 0 Å². The van der Waals surface area contributed by atoms with Crippen LogP contribution in [0.1, 0.15) is 0 Å². The number of hydrogen-bond acceptors (Lipinski definition) is 3. The zero-order valence-corrected chi connectivity index (χ0v) is 30.6. The van der Waals surface area contributed by atoms with Crippen LogP contribution in [-0.4, -0.2) is 0 Å². The Morgan fingerprint density at radius 2 is 0.945 bits per heavy atom. The summed E-state index contributed by atoms with van der Waals surface area (Å²) in [6.07, 6.45) is 0. The van der Waals surface area contributed by atoms with Gasteiger partial charge in [0.15, 0.2) is 0 Å². The van der Waals surface area contributed by atoms with Crippen molar-refractivity contribution in [2.45, 2.75) is 0 Å². The second kappa shape index (κ2) is 12.9. The number of anilines is 3. The van der Waals surface area contributed by atoms with Crippen LogP contribution in [0, 0.1) is 0 Å². The van der Waals surface area contributed by atoms with E-state index in [1.165, 1.54) is 53.2 Å². The Morgan fingerprint density at radius 3 is 1.76 bits per heavy atom. The number of benzene rings is 9. The van der Waals surface area contributed by atoms with Gasteiger partial charge in [0.05, 0.1) is 0 Å². The van der Waals surface area contributed by atoms with Gasteiger partial charge in [-0.25, -0.2) is 0 Å². The summed E-state index contributed by atoms with van der Waals surface area (Å²) in [5, 5.41) is 7.38. The third-order valence-electron chi connectivity index (χ3n) is 10.8. The molecule has 9 aromatic carbocycles. The molecule has 0 unspecified atom stereocenters. The lowest BCUT2D eigenvalue weighted by molar-refractivity contribution is 0.670. The number of nitrogens with zero attached hydrogens (tertiary/aromatic N) is 1. The van der Waals surface area contributed by atoms with E-state index >= 15 is 0 Å². The molecule has 0 saturated carbocycles. The first kappa shape index (κ1) is 31.6. The van der Waals surface area contributed by atoms with Crippen molar-refractivity contribution >= 4 is 81.3 Å². The summed E-state index contributed by atoms with van der Waals surface area (Å²) in [7, 11) is 0. The van der Waals surface area contributed by atoms with Gasteiger partial charge in [-0.1, -0.05) is 140 Å². The van der Waals surface area contributed by atoms with Crippen molar-refractivity contribution in [3.05, 3.63) is 200 Å². The average Bonchev–Trinajstić information content (AvgIpc) is 3.82. The molecular formula is C52H33NOS. The fraction of sp³-hybridized carbons (Fsp3) is 0. The first-order chi connectivity index (χ1) is 27.2. The average molecular weight is 720 g/mol. The van der Waals surface area contributed by atoms with Gasteiger partial charge in [-0.2, -0.15) is 0 Å². The Balaban J connectivity index is 1.03. The standard InChI is InChI=1S/C52H33NOS/c1-2-11-36-30-39(23-22-34(36)10-1)37-12-7-14-42(31-37)53(41-27-24-35(25-28-41)44-18-9-19-48-45-16-3-5-20-49(45)54-52(44)48)43-15-8-13-38(32-43)40-26-29-47-46-17-4-6-21-50(46)55-51(47)33-40/h1-33H. The smallest absolute Gasteiger partial charge is 0.143 e. The van der Waals surface area contributed by atoms with E-state index in [9.17, 15) is 0 Å². The molecule has 2 heterocycles. The fourth-order valence-electron chi connectivity index (χ4n) is 8.14. The molecule has 0 radical (unpaired) electrons. The maximum Gasteiger partial charge on any atom is 0.143 e. The Bertz CT molecular complexity index is 3220. The maximum atomic E-state index is 6.43. The molecule has 3 heteroatoms. The second-order valence-electron chi connectivity index (χ2n) is 14.1. The van der Waals surface area contributed by atoms with Crippen LogP contribution in [0.3, 0.4) is 0 Å². The summed E-state index contributed by atoms with van der Waals surface area (Å²) in [5.41, 5.74) is 12.0. The van der Waals surface area contributed by atoms with E-state index in [0.717, 1.165) is 50.1 Å². The lowest BCUT2D eigenvalue weighted by Gasteiger charge is -2.27. The van der Waals surface area contributed by atoms with Crippen molar-refractivity contribution < 1.29 is 4.42 Å². The lowest BCUT2D eigenvalue weighted by atomic mass is 9.99. The molecule has 258 valence electrons. The molecule has 0 amide bonds. The zero-order chi connectivity index (χ0) is 36.3. The van der Waals surface area contributed by atoms with Crippen LogP contribution in [0.4, 0.5) is 17.1 Å². The molecule has 0 aliphatic rings. The largest absolute Gasteiger partial charge is 0.455 e. The summed E-state index contributed by atoms with van der Waals surface area (Å²) in [5.74, 6) is 0. The number of furan rings is 1. The number of hydrogen-bond donors (Lipinski definition) is 0. The second-order valence-corrected chi connectivity index (χ2v) is 15.2. The van der Waals surface area contributed by atoms with Gasteiger partial charge in [0.25, 0.3) is 0 Å². The molecule has 11 rings (SSSR count). The van der Waals surface area contributed by atoms with Gasteiger partial charge in [0.1, 0.15) is 11.2 Å². The van der Waals surface area contributed by atoms with Crippen LogP contribution in [-0.2, 0) is 0 Å². The van der Waals surface area contributed by atoms with Gasteiger partial charge >= 0.3 is 0 Å². The highest BCUT2D eigenvalue weighted by molar-refractivity contribution is 7.25. The molecule has 0 aliphatic carbocycles. The van der Waals surface area contributed by atoms with Gasteiger partial charge in [0, 0.05) is 53.6 Å². The first-order valence-corrected chi connectivity index (χ1v) is 19.5. The highest BCUT2D eigenvalue weighted by atomic mass is 32.1. The Hall–Kier alpha value is -6.94. The summed E-state index contributed by atoms with van der Waals surface area (Å²) in [4.78, 5) is 2.37. The van der Waals surface area contributed by atoms with E-state index in [1.54, 1.807) is 0 Å². The third-order valence-corrected chi connectivity index (χ3v) is 12.0. The molecular weight excluding hydrogens is 687 g/mol. The van der Waals surface area contributed by atoms with Gasteiger partial charge in [-0.3, -0.25) is 0 Å². The fourth-order valence-corrected chi connectivity index (χ4v) is 9.28. The Kier molecular flexibility index (Phi) is 7.39. The van der Waals surface area contributed by atoms with E-state index in [1.807, 2.05) is 23.5 Å². The minimum absolute atomic E-state index is 0.908. The highest BCUT2D eigenvalue weighted by Gasteiger charge is 2.17. The predicted molar refractivity (Wildman–Crippen MR) is 235 cm³/mol. The van der Waals surface area contributed by atoms with Crippen LogP contribution < -0.4 is 4.90 Å². The van der Waals surface area contributed by atoms with Gasteiger partial charge < -0.3 is 9.32 Å². The van der Waals surface area contributed by atoms with Crippen LogP contribution in [0.2, 0.25) is 0 Å². The normalized spacial score (nSPS) is 11.6. The van der Waals surface area contributed by atoms with E-state index in [0.29, 0.717) is 0 Å². The summed E-state index contributed by atoms with van der Waals surface area (Å²) < 4.78 is 9.05. The number of fused-ring (bicyclic) bond motifs is 7. The number of rotatable bonds is 6. The Morgan fingerprint density at radius 1 is 0.345 bits per heavy atom. The summed E-state index contributed by atoms with van der Waals surface area (Å²) in [6.45, 7) is 0. The zero-order valence-electron chi connectivity index (χ0n) is 29.8. The molecule has 0 saturated heterocycles. The molecule has 0 atom stereocenters. The van der Waals surface area contributed by atoms with Crippen molar-refractivity contribution in [1.29, 1.82) is 0 Å². The van der Waals surface area contributed by atoms with Crippen LogP contribution in [0.5, 0.6) is 0 Å². The topological polar surface area (TPSA) is 16.4 Å². The molecule has 2 nitrogen and oxygen atoms in total. The van der Waals surface area contributed by atoms with Crippen molar-refractivity contribution in [2.75, 3.05) is 4.90 Å². The van der Waals surface area contributed by atoms with Crippen molar-refractivity contribution in [2.24, 2.45) is 0 Å². The highest BCUT2D eigenvalue weighted by Crippen LogP contribution is 2.42. The van der Waals surface area contributed by atoms with Crippen LogP contribution in [0.25, 0.3) is 86.3 Å². The number of thiophene rings is 1. The van der Waals surface area contributed by atoms with Gasteiger partial charge in [-0.15, -0.1) is 11.3 Å². The third kappa shape index (κ3) is 5.48. The van der Waals surface area contributed by atoms with E-state index in [4.69, 9.17) is 4.42 Å². The van der Waals surface area contributed by atoms with Gasteiger partial charge in [-0.05, 0) is 99.3 Å². The van der Waals surface area contributed by atoms with Crippen molar-refractivity contribution in [3.8, 4) is 33.4 Å². The predicted octanol–water partition coefficient (Wildman–Crippen LogP) is 15.6. The number of para-hydroxylation sites is 2. The molecule has 11 aromatic rings. The molecule has 55 heavy (non-hydrogen) atoms. The molecule has 0 N–H and O–H groups in total. The van der Waals surface area contributed by atoms with Crippen molar-refractivity contribution in [1.82, 2.24) is 0 Å². The minimum Gasteiger partial charge on any atom is -0.455 e. The molecule has 0 aliphatic heterocycles. The quantitative estimate of drug-likeness (QED) is 0.170. The Labute approximate surface area is 322 Å². The molecule has 2 aromatic heterocycles. The minimum atomic E-state index is 0.908. The lowest BCUT2D eigenvalue weighted by Crippen LogP contribution is -2.10. The van der Waals surface area contributed by atoms with E-state index in [2.05, 4.69) is 193 Å². The molecule has 0 fully saturated rings. The van der Waals surface area contributed by atoms with Crippen LogP contribution in [0.15, 0.2) is 205 Å². The molecule has 0 spiro atoms. The summed E-state index contributed by atoms with van der Waals surface area (Å²) >= 11 is 1.86. The molecule has 0 bridgehead atoms. The SMILES string of the molecule is c1cc(-c2ccc3ccccc3c2)cc(N(c2ccc(-c3cccc4c3oc3ccccc34)cc2)c2cccc(-c3ccc4c(c3)sc3ccccc34)c2)c1. The maximum absolute atomic E-state index is 6.43.